The van der Waals surface area contributed by atoms with Crippen molar-refractivity contribution in [2.45, 2.75) is 25.4 Å². The van der Waals surface area contributed by atoms with Crippen molar-refractivity contribution in [1.29, 1.82) is 0 Å². The summed E-state index contributed by atoms with van der Waals surface area (Å²) in [6.07, 6.45) is 2.09. The van der Waals surface area contributed by atoms with E-state index in [2.05, 4.69) is 5.32 Å². The minimum atomic E-state index is -0.832. The molecule has 5 nitrogen and oxygen atoms in total. The summed E-state index contributed by atoms with van der Waals surface area (Å²) < 4.78 is 13.4. The molecule has 0 radical (unpaired) electrons. The van der Waals surface area contributed by atoms with Crippen LogP contribution in [0.2, 0.25) is 0 Å². The molecule has 1 saturated heterocycles. The number of amides is 2. The number of aliphatic hydroxyl groups excluding tert-OH is 1. The first-order valence-corrected chi connectivity index (χ1v) is 10.6. The van der Waals surface area contributed by atoms with Gasteiger partial charge in [-0.25, -0.2) is 4.39 Å². The van der Waals surface area contributed by atoms with Crippen LogP contribution in [0.25, 0.3) is 6.08 Å². The first kappa shape index (κ1) is 22.1. The van der Waals surface area contributed by atoms with Crippen molar-refractivity contribution in [3.05, 3.63) is 76.4 Å². The lowest BCUT2D eigenvalue weighted by atomic mass is 10.1. The number of hydrogen-bond donors (Lipinski definition) is 2. The van der Waals surface area contributed by atoms with Crippen LogP contribution in [0.3, 0.4) is 0 Å². The second-order valence-corrected chi connectivity index (χ2v) is 8.53. The maximum atomic E-state index is 13.1. The molecule has 0 unspecified atom stereocenters. The molecule has 1 aliphatic heterocycles. The highest BCUT2D eigenvalue weighted by Gasteiger charge is 2.38. The largest absolute Gasteiger partial charge is 0.394 e. The van der Waals surface area contributed by atoms with Crippen molar-refractivity contribution < 1.29 is 19.1 Å². The summed E-state index contributed by atoms with van der Waals surface area (Å²) in [7, 11) is 0. The van der Waals surface area contributed by atoms with Gasteiger partial charge >= 0.3 is 0 Å². The molecule has 0 aromatic heterocycles. The van der Waals surface area contributed by atoms with Crippen molar-refractivity contribution >= 4 is 46.2 Å². The number of benzene rings is 2. The molecule has 1 fully saturated rings. The van der Waals surface area contributed by atoms with Crippen molar-refractivity contribution in [2.24, 2.45) is 0 Å². The zero-order valence-corrected chi connectivity index (χ0v) is 17.9. The molecule has 2 aromatic rings. The van der Waals surface area contributed by atoms with Gasteiger partial charge in [0.2, 0.25) is 5.91 Å². The number of carbonyl (C=O) groups is 2. The maximum Gasteiger partial charge on any atom is 0.266 e. The Labute approximate surface area is 184 Å². The Kier molecular flexibility index (Phi) is 7.36. The summed E-state index contributed by atoms with van der Waals surface area (Å²) in [6.45, 7) is 1.37. The lowest BCUT2D eigenvalue weighted by Crippen LogP contribution is -2.51. The molecular weight excluding hydrogens is 423 g/mol. The Morgan fingerprint density at radius 2 is 1.90 bits per heavy atom. The van der Waals surface area contributed by atoms with E-state index in [1.54, 1.807) is 25.1 Å². The van der Waals surface area contributed by atoms with E-state index in [4.69, 9.17) is 12.2 Å². The van der Waals surface area contributed by atoms with Gasteiger partial charge in [-0.15, -0.1) is 0 Å². The molecule has 156 valence electrons. The second-order valence-electron chi connectivity index (χ2n) is 6.86. The van der Waals surface area contributed by atoms with Crippen molar-refractivity contribution in [2.75, 3.05) is 6.61 Å². The second kappa shape index (κ2) is 9.97. The number of carbonyl (C=O) groups excluding carboxylic acids is 2. The SMILES string of the molecule is C[C@@H](C(=O)N[C@H](CO)Cc1ccccc1)N1C(=O)/C(=C/c2ccc(F)cc2)SC1=S. The molecule has 3 rings (SSSR count). The summed E-state index contributed by atoms with van der Waals surface area (Å²) in [4.78, 5) is 27.2. The highest BCUT2D eigenvalue weighted by Crippen LogP contribution is 2.34. The van der Waals surface area contributed by atoms with E-state index in [1.165, 1.54) is 17.0 Å². The van der Waals surface area contributed by atoms with Crippen LogP contribution in [0.5, 0.6) is 0 Å². The highest BCUT2D eigenvalue weighted by atomic mass is 32.2. The van der Waals surface area contributed by atoms with E-state index in [0.29, 0.717) is 16.9 Å². The maximum absolute atomic E-state index is 13.1. The zero-order chi connectivity index (χ0) is 21.7. The fourth-order valence-corrected chi connectivity index (χ4v) is 4.44. The number of nitrogens with one attached hydrogen (secondary N) is 1. The van der Waals surface area contributed by atoms with E-state index < -0.39 is 18.0 Å². The number of aliphatic hydroxyl groups is 1. The number of rotatable bonds is 7. The molecule has 1 heterocycles. The third-order valence-electron chi connectivity index (χ3n) is 4.65. The third-order valence-corrected chi connectivity index (χ3v) is 5.98. The molecule has 0 aliphatic carbocycles. The van der Waals surface area contributed by atoms with E-state index in [9.17, 15) is 19.1 Å². The minimum absolute atomic E-state index is 0.226. The highest BCUT2D eigenvalue weighted by molar-refractivity contribution is 8.26. The molecule has 0 saturated carbocycles. The van der Waals surface area contributed by atoms with Crippen LogP contribution in [-0.2, 0) is 16.0 Å². The monoisotopic (exact) mass is 444 g/mol. The summed E-state index contributed by atoms with van der Waals surface area (Å²) in [5.41, 5.74) is 1.65. The van der Waals surface area contributed by atoms with Crippen LogP contribution in [0.15, 0.2) is 59.5 Å². The Morgan fingerprint density at radius 3 is 2.53 bits per heavy atom. The number of nitrogens with zero attached hydrogens (tertiary/aromatic N) is 1. The summed E-state index contributed by atoms with van der Waals surface area (Å²) >= 11 is 6.41. The molecule has 2 aromatic carbocycles. The lowest BCUT2D eigenvalue weighted by Gasteiger charge is -2.25. The molecule has 0 bridgehead atoms. The van der Waals surface area contributed by atoms with Crippen molar-refractivity contribution in [1.82, 2.24) is 10.2 Å². The van der Waals surface area contributed by atoms with Gasteiger partial charge in [-0.3, -0.25) is 14.5 Å². The van der Waals surface area contributed by atoms with Gasteiger partial charge in [0.25, 0.3) is 5.91 Å². The summed E-state index contributed by atoms with van der Waals surface area (Å²) in [5, 5.41) is 12.4. The zero-order valence-electron chi connectivity index (χ0n) is 16.2. The fraction of sp³-hybridized carbons (Fsp3) is 0.227. The fourth-order valence-electron chi connectivity index (χ4n) is 3.02. The van der Waals surface area contributed by atoms with Gasteiger partial charge in [-0.05, 0) is 42.7 Å². The van der Waals surface area contributed by atoms with Crippen molar-refractivity contribution in [3.8, 4) is 0 Å². The Hall–Kier alpha value is -2.55. The van der Waals surface area contributed by atoms with E-state index >= 15 is 0 Å². The van der Waals surface area contributed by atoms with E-state index in [-0.39, 0.29) is 22.7 Å². The molecule has 0 spiro atoms. The molecule has 2 N–H and O–H groups in total. The Balaban J connectivity index is 1.68. The number of thioether (sulfide) groups is 1. The average molecular weight is 445 g/mol. The smallest absolute Gasteiger partial charge is 0.266 e. The van der Waals surface area contributed by atoms with E-state index in [0.717, 1.165) is 17.3 Å². The molecule has 2 amide bonds. The first-order valence-electron chi connectivity index (χ1n) is 9.37. The Bertz CT molecular complexity index is 964. The lowest BCUT2D eigenvalue weighted by molar-refractivity contribution is -0.132. The van der Waals surface area contributed by atoms with Gasteiger partial charge in [0.15, 0.2) is 0 Å². The molecule has 1 aliphatic rings. The predicted octanol–water partition coefficient (Wildman–Crippen LogP) is 3.14. The van der Waals surface area contributed by atoms with Crippen LogP contribution in [0.1, 0.15) is 18.1 Å². The van der Waals surface area contributed by atoms with Gasteiger partial charge in [-0.1, -0.05) is 66.4 Å². The van der Waals surface area contributed by atoms with Crippen LogP contribution in [0.4, 0.5) is 4.39 Å². The van der Waals surface area contributed by atoms with Gasteiger partial charge in [0.05, 0.1) is 17.6 Å². The van der Waals surface area contributed by atoms with E-state index in [1.807, 2.05) is 30.3 Å². The van der Waals surface area contributed by atoms with Crippen LogP contribution in [-0.4, -0.2) is 44.8 Å². The van der Waals surface area contributed by atoms with Gasteiger partial charge in [-0.2, -0.15) is 0 Å². The first-order chi connectivity index (χ1) is 14.4. The van der Waals surface area contributed by atoms with Crippen molar-refractivity contribution in [3.63, 3.8) is 0 Å². The van der Waals surface area contributed by atoms with Gasteiger partial charge in [0, 0.05) is 0 Å². The average Bonchev–Trinajstić information content (AvgIpc) is 3.02. The quantitative estimate of drug-likeness (QED) is 0.507. The third kappa shape index (κ3) is 5.33. The minimum Gasteiger partial charge on any atom is -0.394 e. The number of hydrogen-bond acceptors (Lipinski definition) is 5. The van der Waals surface area contributed by atoms with Crippen LogP contribution >= 0.6 is 24.0 Å². The topological polar surface area (TPSA) is 69.6 Å². The number of thiocarbonyl (C=S) groups is 1. The Morgan fingerprint density at radius 1 is 1.23 bits per heavy atom. The van der Waals surface area contributed by atoms with Gasteiger partial charge in [0.1, 0.15) is 16.2 Å². The summed E-state index contributed by atoms with van der Waals surface area (Å²) in [6, 6.07) is 13.9. The molecule has 8 heteroatoms. The van der Waals surface area contributed by atoms with Crippen LogP contribution in [0, 0.1) is 5.82 Å². The molecular formula is C22H21FN2O3S2. The number of halogens is 1. The van der Waals surface area contributed by atoms with Gasteiger partial charge < -0.3 is 10.4 Å². The normalized spacial score (nSPS) is 17.3. The van der Waals surface area contributed by atoms with Crippen LogP contribution < -0.4 is 5.32 Å². The molecule has 2 atom stereocenters. The predicted molar refractivity (Wildman–Crippen MR) is 120 cm³/mol. The molecule has 30 heavy (non-hydrogen) atoms. The standard InChI is InChI=1S/C22H21FN2O3S2/c1-14(20(27)24-18(13-26)11-15-5-3-2-4-6-15)25-21(28)19(30-22(25)29)12-16-7-9-17(23)10-8-16/h2-10,12,14,18,26H,11,13H2,1H3,(H,24,27)/b19-12-/t14-,18-/m0/s1. The summed E-state index contributed by atoms with van der Waals surface area (Å²) in [5.74, 6) is -1.14.